The molecular formula is C32H36N4O5. The Morgan fingerprint density at radius 1 is 1.02 bits per heavy atom. The van der Waals surface area contributed by atoms with E-state index in [1.807, 2.05) is 12.1 Å². The molecule has 2 aromatic carbocycles. The average Bonchev–Trinajstić information content (AvgIpc) is 3.90. The van der Waals surface area contributed by atoms with Crippen LogP contribution in [0.2, 0.25) is 0 Å². The van der Waals surface area contributed by atoms with E-state index >= 15 is 0 Å². The molecule has 0 unspecified atom stereocenters. The van der Waals surface area contributed by atoms with E-state index in [4.69, 9.17) is 20.2 Å². The second-order valence-electron chi connectivity index (χ2n) is 11.7. The number of likely N-dealkylation sites (tertiary alicyclic amines) is 1. The Hall–Kier alpha value is -3.98. The number of hydrogen-bond acceptors (Lipinski definition) is 8. The molecule has 214 valence electrons. The zero-order chi connectivity index (χ0) is 28.8. The number of anilines is 1. The van der Waals surface area contributed by atoms with Gasteiger partial charge in [-0.15, -0.1) is 0 Å². The normalized spacial score (nSPS) is 23.2. The lowest BCUT2D eigenvalue weighted by Crippen LogP contribution is -2.50. The van der Waals surface area contributed by atoms with Crippen molar-refractivity contribution in [1.29, 1.82) is 0 Å². The van der Waals surface area contributed by atoms with Crippen LogP contribution in [0.1, 0.15) is 44.6 Å². The summed E-state index contributed by atoms with van der Waals surface area (Å²) in [6.45, 7) is 4.61. The number of nitrogens with zero attached hydrogens (tertiary/aromatic N) is 3. The second kappa shape index (κ2) is 10.4. The van der Waals surface area contributed by atoms with Gasteiger partial charge in [-0.1, -0.05) is 12.1 Å². The quantitative estimate of drug-likeness (QED) is 0.390. The molecule has 2 aliphatic carbocycles. The van der Waals surface area contributed by atoms with Crippen molar-refractivity contribution in [2.45, 2.75) is 44.4 Å². The molecule has 1 spiro atoms. The molecule has 0 aromatic heterocycles. The maximum Gasteiger partial charge on any atom is 0.354 e. The van der Waals surface area contributed by atoms with E-state index in [1.165, 1.54) is 5.56 Å². The highest BCUT2D eigenvalue weighted by molar-refractivity contribution is 6.51. The highest BCUT2D eigenvalue weighted by Crippen LogP contribution is 2.56. The Morgan fingerprint density at radius 2 is 1.73 bits per heavy atom. The minimum absolute atomic E-state index is 0.0453. The standard InChI is InChI=1S/C32H36N4O5/c1-3-41-30(39)27(33)26-28(34-22-6-10-25(40-2)11-7-22)29(38)36(20-32(26)15-16-32)23-8-4-21(5-9-23)31(13-14-31)19-35-17-12-24(37)18-35/h4-11H,3,12-20,33H2,1-2H3. The van der Waals surface area contributed by atoms with Crippen molar-refractivity contribution in [2.24, 2.45) is 16.1 Å². The first kappa shape index (κ1) is 27.2. The molecule has 2 aromatic rings. The van der Waals surface area contributed by atoms with Crippen LogP contribution in [0.5, 0.6) is 5.75 Å². The first-order chi connectivity index (χ1) is 19.8. The van der Waals surface area contributed by atoms with Crippen LogP contribution in [-0.2, 0) is 24.5 Å². The molecule has 2 N–H and O–H groups in total. The molecular weight excluding hydrogens is 520 g/mol. The van der Waals surface area contributed by atoms with Crippen LogP contribution in [0.25, 0.3) is 0 Å². The summed E-state index contributed by atoms with van der Waals surface area (Å²) in [6.07, 6.45) is 4.43. The highest BCUT2D eigenvalue weighted by Gasteiger charge is 2.56. The van der Waals surface area contributed by atoms with Crippen molar-refractivity contribution in [3.63, 3.8) is 0 Å². The molecule has 6 rings (SSSR count). The second-order valence-corrected chi connectivity index (χ2v) is 11.7. The van der Waals surface area contributed by atoms with E-state index in [0.717, 1.165) is 44.5 Å². The van der Waals surface area contributed by atoms with E-state index in [9.17, 15) is 14.4 Å². The van der Waals surface area contributed by atoms with E-state index in [-0.39, 0.29) is 29.3 Å². The van der Waals surface area contributed by atoms with Gasteiger partial charge in [0.05, 0.1) is 25.9 Å². The van der Waals surface area contributed by atoms with Gasteiger partial charge in [0.1, 0.15) is 22.9 Å². The summed E-state index contributed by atoms with van der Waals surface area (Å²) < 4.78 is 10.5. The number of benzene rings is 2. The van der Waals surface area contributed by atoms with Crippen LogP contribution in [-0.4, -0.2) is 68.2 Å². The minimum atomic E-state index is -0.628. The molecule has 4 aliphatic rings. The Kier molecular flexibility index (Phi) is 6.93. The number of ether oxygens (including phenoxy) is 2. The molecule has 1 amide bonds. The van der Waals surface area contributed by atoms with E-state index in [1.54, 1.807) is 43.2 Å². The van der Waals surface area contributed by atoms with Crippen LogP contribution < -0.4 is 15.4 Å². The number of rotatable bonds is 8. The lowest BCUT2D eigenvalue weighted by Gasteiger charge is -2.36. The number of nitrogens with two attached hydrogens (primary N) is 1. The van der Waals surface area contributed by atoms with Gasteiger partial charge in [0.2, 0.25) is 0 Å². The number of esters is 1. The Bertz CT molecular complexity index is 1440. The molecule has 9 heteroatoms. The molecule has 0 bridgehead atoms. The van der Waals surface area contributed by atoms with Gasteiger partial charge in [-0.05, 0) is 74.6 Å². The van der Waals surface area contributed by atoms with E-state index in [0.29, 0.717) is 42.3 Å². The SMILES string of the molecule is CCOC(=O)C(N)=C1C(=Nc2ccc(OC)cc2)C(=O)N(c2ccc(C3(CN4CCC(=O)C4)CC3)cc2)CC12CC2. The first-order valence-electron chi connectivity index (χ1n) is 14.3. The number of carbonyl (C=O) groups excluding carboxylic acids is 3. The van der Waals surface area contributed by atoms with Crippen molar-refractivity contribution < 1.29 is 23.9 Å². The molecule has 2 saturated carbocycles. The third kappa shape index (κ3) is 5.14. The van der Waals surface area contributed by atoms with Crippen molar-refractivity contribution in [3.8, 4) is 5.75 Å². The number of Topliss-reactive ketones (excluding diaryl/α,β-unsaturated/α-hetero) is 1. The average molecular weight is 557 g/mol. The largest absolute Gasteiger partial charge is 0.497 e. The maximum atomic E-state index is 14.1. The van der Waals surface area contributed by atoms with Gasteiger partial charge >= 0.3 is 5.97 Å². The fourth-order valence-corrected chi connectivity index (χ4v) is 6.26. The van der Waals surface area contributed by atoms with Crippen LogP contribution in [0.4, 0.5) is 11.4 Å². The predicted octanol–water partition coefficient (Wildman–Crippen LogP) is 3.68. The summed E-state index contributed by atoms with van der Waals surface area (Å²) in [5, 5.41) is 0. The van der Waals surface area contributed by atoms with Crippen molar-refractivity contribution in [2.75, 3.05) is 44.8 Å². The topological polar surface area (TPSA) is 115 Å². The smallest absolute Gasteiger partial charge is 0.354 e. The number of methoxy groups -OCH3 is 1. The predicted molar refractivity (Wildman–Crippen MR) is 155 cm³/mol. The number of hydrogen-bond donors (Lipinski definition) is 1. The molecule has 9 nitrogen and oxygen atoms in total. The number of amides is 1. The third-order valence-corrected chi connectivity index (χ3v) is 8.89. The maximum absolute atomic E-state index is 14.1. The van der Waals surface area contributed by atoms with E-state index in [2.05, 4.69) is 17.0 Å². The Labute approximate surface area is 240 Å². The first-order valence-corrected chi connectivity index (χ1v) is 14.3. The van der Waals surface area contributed by atoms with E-state index < -0.39 is 11.4 Å². The zero-order valence-electron chi connectivity index (χ0n) is 23.7. The number of ketones is 1. The summed E-state index contributed by atoms with van der Waals surface area (Å²) in [7, 11) is 1.59. The summed E-state index contributed by atoms with van der Waals surface area (Å²) in [5.74, 6) is 0.0649. The van der Waals surface area contributed by atoms with Crippen molar-refractivity contribution in [1.82, 2.24) is 4.90 Å². The summed E-state index contributed by atoms with van der Waals surface area (Å²) in [6, 6.07) is 15.3. The molecule has 0 radical (unpaired) electrons. The Morgan fingerprint density at radius 3 is 2.29 bits per heavy atom. The number of aliphatic imine (C=N–C) groups is 1. The molecule has 2 saturated heterocycles. The van der Waals surface area contributed by atoms with Crippen LogP contribution in [0, 0.1) is 5.41 Å². The molecule has 2 aliphatic heterocycles. The lowest BCUT2D eigenvalue weighted by molar-refractivity contribution is -0.138. The van der Waals surface area contributed by atoms with Gasteiger partial charge in [-0.2, -0.15) is 0 Å². The van der Waals surface area contributed by atoms with Crippen LogP contribution >= 0.6 is 0 Å². The van der Waals surface area contributed by atoms with Gasteiger partial charge in [-0.3, -0.25) is 14.5 Å². The van der Waals surface area contributed by atoms with Gasteiger partial charge in [-0.25, -0.2) is 9.79 Å². The van der Waals surface area contributed by atoms with Crippen LogP contribution in [0.3, 0.4) is 0 Å². The Balaban J connectivity index is 1.33. The fourth-order valence-electron chi connectivity index (χ4n) is 6.26. The monoisotopic (exact) mass is 556 g/mol. The highest BCUT2D eigenvalue weighted by atomic mass is 16.5. The summed E-state index contributed by atoms with van der Waals surface area (Å²) >= 11 is 0. The fraction of sp³-hybridized carbons (Fsp3) is 0.438. The van der Waals surface area contributed by atoms with Gasteiger partial charge in [0, 0.05) is 48.1 Å². The summed E-state index contributed by atoms with van der Waals surface area (Å²) in [4.78, 5) is 47.4. The number of carbonyl (C=O) groups is 3. The third-order valence-electron chi connectivity index (χ3n) is 8.89. The van der Waals surface area contributed by atoms with Crippen molar-refractivity contribution in [3.05, 3.63) is 65.4 Å². The lowest BCUT2D eigenvalue weighted by atomic mass is 9.84. The molecule has 4 fully saturated rings. The number of piperidine rings is 1. The van der Waals surface area contributed by atoms with Gasteiger partial charge in [0.25, 0.3) is 5.91 Å². The molecule has 0 atom stereocenters. The zero-order valence-corrected chi connectivity index (χ0v) is 23.7. The molecule has 2 heterocycles. The van der Waals surface area contributed by atoms with Gasteiger partial charge < -0.3 is 20.1 Å². The summed E-state index contributed by atoms with van der Waals surface area (Å²) in [5.41, 5.74) is 9.22. The molecule has 41 heavy (non-hydrogen) atoms. The van der Waals surface area contributed by atoms with Crippen LogP contribution in [0.15, 0.2) is 64.8 Å². The van der Waals surface area contributed by atoms with Crippen molar-refractivity contribution >= 4 is 34.7 Å². The minimum Gasteiger partial charge on any atom is -0.497 e. The van der Waals surface area contributed by atoms with Gasteiger partial charge in [0.15, 0.2) is 0 Å².